The van der Waals surface area contributed by atoms with Crippen LogP contribution in [0.3, 0.4) is 0 Å². The average molecular weight is 280 g/mol. The summed E-state index contributed by atoms with van der Waals surface area (Å²) < 4.78 is 5.51. The van der Waals surface area contributed by atoms with Crippen molar-refractivity contribution < 1.29 is 9.66 Å². The number of nitro benzene ring substituents is 1. The normalized spacial score (nSPS) is 11.9. The maximum Gasteiger partial charge on any atom is 0.312 e. The first kappa shape index (κ1) is 15.3. The van der Waals surface area contributed by atoms with Gasteiger partial charge in [-0.2, -0.15) is 17.9 Å². The van der Waals surface area contributed by atoms with E-state index < -0.39 is 4.92 Å². The van der Waals surface area contributed by atoms with E-state index in [1.165, 1.54) is 18.2 Å². The summed E-state index contributed by atoms with van der Waals surface area (Å²) in [7, 11) is 0. The monoisotopic (exact) mass is 280 g/mol. The summed E-state index contributed by atoms with van der Waals surface area (Å²) >= 11 is 4.24. The van der Waals surface area contributed by atoms with Crippen molar-refractivity contribution in [3.05, 3.63) is 33.9 Å². The Bertz CT molecular complexity index is 497. The third kappa shape index (κ3) is 4.14. The van der Waals surface area contributed by atoms with E-state index in [2.05, 4.69) is 26.5 Å². The van der Waals surface area contributed by atoms with E-state index in [0.717, 1.165) is 0 Å². The minimum Gasteiger partial charge on any atom is -0.486 e. The maximum absolute atomic E-state index is 10.9. The summed E-state index contributed by atoms with van der Waals surface area (Å²) in [6.45, 7) is 4.47. The molecule has 1 atom stereocenters. The number of ether oxygens (including phenoxy) is 1. The highest BCUT2D eigenvalue weighted by Crippen LogP contribution is 2.28. The summed E-state index contributed by atoms with van der Waals surface area (Å²) in [5, 5.41) is 19.7. The number of thiol groups is 1. The molecule has 0 heterocycles. The van der Waals surface area contributed by atoms with Crippen LogP contribution in [0.4, 0.5) is 5.69 Å². The first-order chi connectivity index (χ1) is 8.99. The number of hydrogen-bond acceptors (Lipinski definition) is 5. The molecule has 0 spiro atoms. The van der Waals surface area contributed by atoms with Gasteiger partial charge in [0.2, 0.25) is 0 Å². The van der Waals surface area contributed by atoms with Crippen molar-refractivity contribution in [1.82, 2.24) is 0 Å². The van der Waals surface area contributed by atoms with Gasteiger partial charge in [-0.3, -0.25) is 10.1 Å². The summed E-state index contributed by atoms with van der Waals surface area (Å²) in [5.41, 5.74) is 0.0642. The molecule has 102 valence electrons. The van der Waals surface area contributed by atoms with Crippen LogP contribution >= 0.6 is 12.6 Å². The lowest BCUT2D eigenvalue weighted by Gasteiger charge is -2.18. The Morgan fingerprint density at radius 2 is 2.21 bits per heavy atom. The average Bonchev–Trinajstić information content (AvgIpc) is 2.38. The Kier molecular flexibility index (Phi) is 5.64. The van der Waals surface area contributed by atoms with Gasteiger partial charge in [-0.1, -0.05) is 13.8 Å². The predicted octanol–water partition coefficient (Wildman–Crippen LogP) is 3.05. The van der Waals surface area contributed by atoms with Crippen LogP contribution in [0.5, 0.6) is 5.75 Å². The Hall–Kier alpha value is -1.74. The molecule has 0 aliphatic heterocycles. The van der Waals surface area contributed by atoms with Crippen LogP contribution in [-0.2, 0) is 0 Å². The Balaban J connectivity index is 2.89. The first-order valence-corrected chi connectivity index (χ1v) is 6.55. The highest BCUT2D eigenvalue weighted by atomic mass is 32.1. The van der Waals surface area contributed by atoms with E-state index in [9.17, 15) is 10.1 Å². The molecule has 6 heteroatoms. The minimum atomic E-state index is -0.540. The molecule has 0 radical (unpaired) electrons. The van der Waals surface area contributed by atoms with Crippen molar-refractivity contribution in [2.75, 3.05) is 12.4 Å². The number of nitro groups is 1. The topological polar surface area (TPSA) is 76.2 Å². The molecule has 0 amide bonds. The first-order valence-electron chi connectivity index (χ1n) is 5.91. The van der Waals surface area contributed by atoms with E-state index in [1.54, 1.807) is 0 Å². The molecule has 0 saturated carbocycles. The lowest BCUT2D eigenvalue weighted by atomic mass is 9.99. The van der Waals surface area contributed by atoms with Crippen molar-refractivity contribution in [1.29, 1.82) is 5.26 Å². The van der Waals surface area contributed by atoms with E-state index >= 15 is 0 Å². The Morgan fingerprint density at radius 1 is 1.53 bits per heavy atom. The van der Waals surface area contributed by atoms with Gasteiger partial charge in [-0.05, 0) is 23.8 Å². The number of benzene rings is 1. The molecule has 5 nitrogen and oxygen atoms in total. The molecule has 1 rings (SSSR count). The van der Waals surface area contributed by atoms with Crippen molar-refractivity contribution in [3.63, 3.8) is 0 Å². The zero-order chi connectivity index (χ0) is 14.4. The molecule has 0 aliphatic carbocycles. The SMILES string of the molecule is CC(C)C(CS)COc1ccc(C#N)cc1[N+](=O)[O-]. The van der Waals surface area contributed by atoms with E-state index in [-0.39, 0.29) is 22.9 Å². The van der Waals surface area contributed by atoms with Crippen LogP contribution in [-0.4, -0.2) is 17.3 Å². The van der Waals surface area contributed by atoms with Crippen molar-refractivity contribution in [2.45, 2.75) is 13.8 Å². The predicted molar refractivity (Wildman–Crippen MR) is 75.5 cm³/mol. The molecule has 0 saturated heterocycles. The number of nitrogens with zero attached hydrogens (tertiary/aromatic N) is 2. The molecule has 19 heavy (non-hydrogen) atoms. The van der Waals surface area contributed by atoms with Gasteiger partial charge >= 0.3 is 5.69 Å². The fourth-order valence-electron chi connectivity index (χ4n) is 1.50. The van der Waals surface area contributed by atoms with Gasteiger partial charge in [0.15, 0.2) is 5.75 Å². The number of nitriles is 1. The van der Waals surface area contributed by atoms with Crippen molar-refractivity contribution >= 4 is 18.3 Å². The number of hydrogen-bond donors (Lipinski definition) is 1. The molecular formula is C13H16N2O3S. The zero-order valence-electron chi connectivity index (χ0n) is 10.9. The van der Waals surface area contributed by atoms with Crippen molar-refractivity contribution in [2.24, 2.45) is 11.8 Å². The standard InChI is InChI=1S/C13H16N2O3S/c1-9(2)11(8-19)7-18-13-4-3-10(6-14)5-12(13)15(16)17/h3-5,9,11,19H,7-8H2,1-2H3. The van der Waals surface area contributed by atoms with Crippen LogP contribution in [0.2, 0.25) is 0 Å². The van der Waals surface area contributed by atoms with Gasteiger partial charge in [-0.15, -0.1) is 0 Å². The van der Waals surface area contributed by atoms with Gasteiger partial charge in [0.25, 0.3) is 0 Å². The Labute approximate surface area is 117 Å². The number of rotatable bonds is 6. The lowest BCUT2D eigenvalue weighted by Crippen LogP contribution is -2.19. The van der Waals surface area contributed by atoms with Gasteiger partial charge in [-0.25, -0.2) is 0 Å². The summed E-state index contributed by atoms with van der Waals surface area (Å²) in [6, 6.07) is 6.07. The largest absolute Gasteiger partial charge is 0.486 e. The van der Waals surface area contributed by atoms with Crippen molar-refractivity contribution in [3.8, 4) is 11.8 Å². The van der Waals surface area contributed by atoms with Crippen LogP contribution in [0.25, 0.3) is 0 Å². The second-order valence-corrected chi connectivity index (χ2v) is 4.91. The maximum atomic E-state index is 10.9. The van der Waals surface area contributed by atoms with Gasteiger partial charge < -0.3 is 4.74 Å². The third-order valence-corrected chi connectivity index (χ3v) is 3.38. The second-order valence-electron chi connectivity index (χ2n) is 4.55. The summed E-state index contributed by atoms with van der Waals surface area (Å²) in [6.07, 6.45) is 0. The van der Waals surface area contributed by atoms with E-state index in [1.807, 2.05) is 6.07 Å². The minimum absolute atomic E-state index is 0.180. The fourth-order valence-corrected chi connectivity index (χ4v) is 2.03. The molecule has 0 aromatic heterocycles. The molecule has 1 aromatic carbocycles. The van der Waals surface area contributed by atoms with Gasteiger partial charge in [0.05, 0.1) is 23.2 Å². The summed E-state index contributed by atoms with van der Waals surface area (Å²) in [4.78, 5) is 10.4. The molecule has 1 aromatic rings. The van der Waals surface area contributed by atoms with Crippen LogP contribution in [0, 0.1) is 33.3 Å². The molecule has 0 aliphatic rings. The Morgan fingerprint density at radius 3 is 2.68 bits per heavy atom. The van der Waals surface area contributed by atoms with Gasteiger partial charge in [0, 0.05) is 12.0 Å². The third-order valence-electron chi connectivity index (χ3n) is 2.91. The van der Waals surface area contributed by atoms with Crippen LogP contribution < -0.4 is 4.74 Å². The molecule has 0 bridgehead atoms. The molecular weight excluding hydrogens is 264 g/mol. The zero-order valence-corrected chi connectivity index (χ0v) is 11.8. The van der Waals surface area contributed by atoms with E-state index in [4.69, 9.17) is 10.00 Å². The van der Waals surface area contributed by atoms with Crippen LogP contribution in [0.1, 0.15) is 19.4 Å². The van der Waals surface area contributed by atoms with E-state index in [0.29, 0.717) is 18.3 Å². The highest BCUT2D eigenvalue weighted by molar-refractivity contribution is 7.80. The molecule has 1 unspecified atom stereocenters. The lowest BCUT2D eigenvalue weighted by molar-refractivity contribution is -0.385. The smallest absolute Gasteiger partial charge is 0.312 e. The fraction of sp³-hybridized carbons (Fsp3) is 0.462. The van der Waals surface area contributed by atoms with Crippen LogP contribution in [0.15, 0.2) is 18.2 Å². The highest BCUT2D eigenvalue weighted by Gasteiger charge is 2.19. The quantitative estimate of drug-likeness (QED) is 0.493. The molecule has 0 N–H and O–H groups in total. The summed E-state index contributed by atoms with van der Waals surface area (Å²) in [5.74, 6) is 1.45. The molecule has 0 fully saturated rings. The second kappa shape index (κ2) is 7.00. The van der Waals surface area contributed by atoms with Gasteiger partial charge in [0.1, 0.15) is 0 Å².